The van der Waals surface area contributed by atoms with Gasteiger partial charge in [-0.05, 0) is 6.92 Å². The van der Waals surface area contributed by atoms with Crippen LogP contribution >= 0.6 is 0 Å². The number of halogens is 3. The van der Waals surface area contributed by atoms with Crippen molar-refractivity contribution in [2.45, 2.75) is 19.2 Å². The van der Waals surface area contributed by atoms with Crippen molar-refractivity contribution in [1.82, 2.24) is 10.2 Å². The highest BCUT2D eigenvalue weighted by molar-refractivity contribution is 5.77. The smallest absolute Gasteiger partial charge is 0.392 e. The first kappa shape index (κ1) is 14.2. The van der Waals surface area contributed by atoms with Crippen LogP contribution in [0.2, 0.25) is 0 Å². The van der Waals surface area contributed by atoms with Gasteiger partial charge in [-0.2, -0.15) is 13.2 Å². The lowest BCUT2D eigenvalue weighted by molar-refractivity contribution is -0.134. The third kappa shape index (κ3) is 8.19. The number of carbonyl (C=O) groups is 1. The molecule has 0 aromatic carbocycles. The Bertz CT molecular complexity index is 207. The molecule has 0 aliphatic rings. The minimum atomic E-state index is -4.32. The lowest BCUT2D eigenvalue weighted by Gasteiger charge is -2.19. The molecule has 4 nitrogen and oxygen atoms in total. The highest BCUT2D eigenvalue weighted by Gasteiger charge is 2.26. The zero-order chi connectivity index (χ0) is 12.1. The Balaban J connectivity index is 3.74. The van der Waals surface area contributed by atoms with E-state index in [4.69, 9.17) is 5.11 Å². The molecule has 1 amide bonds. The summed E-state index contributed by atoms with van der Waals surface area (Å²) in [6.45, 7) is 0.0173. The Morgan fingerprint density at radius 1 is 1.53 bits per heavy atom. The summed E-state index contributed by atoms with van der Waals surface area (Å²) in [5, 5.41) is 10.9. The third-order valence-corrected chi connectivity index (χ3v) is 1.57. The molecule has 0 fully saturated rings. The van der Waals surface area contributed by atoms with E-state index >= 15 is 0 Å². The van der Waals surface area contributed by atoms with Crippen LogP contribution in [-0.2, 0) is 4.79 Å². The number of rotatable bonds is 5. The molecule has 1 unspecified atom stereocenters. The van der Waals surface area contributed by atoms with Crippen LogP contribution in [0.25, 0.3) is 0 Å². The molecule has 0 aromatic rings. The zero-order valence-electron chi connectivity index (χ0n) is 8.64. The molecule has 7 heteroatoms. The second-order valence-electron chi connectivity index (χ2n) is 3.34. The summed E-state index contributed by atoms with van der Waals surface area (Å²) in [6, 6.07) is 0. The van der Waals surface area contributed by atoms with Crippen LogP contribution < -0.4 is 5.32 Å². The summed E-state index contributed by atoms with van der Waals surface area (Å²) < 4.78 is 35.1. The standard InChI is InChI=1S/C8H15F3N2O2/c1-6(14)4-13(2)7(15)3-12-5-8(9,10)11/h6,12,14H,3-5H2,1-2H3. The van der Waals surface area contributed by atoms with E-state index in [9.17, 15) is 18.0 Å². The summed E-state index contributed by atoms with van der Waals surface area (Å²) in [7, 11) is 1.42. The van der Waals surface area contributed by atoms with Gasteiger partial charge in [-0.3, -0.25) is 4.79 Å². The summed E-state index contributed by atoms with van der Waals surface area (Å²) in [5.41, 5.74) is 0. The molecule has 15 heavy (non-hydrogen) atoms. The van der Waals surface area contributed by atoms with Gasteiger partial charge in [0.05, 0.1) is 19.2 Å². The predicted molar refractivity (Wildman–Crippen MR) is 48.2 cm³/mol. The fraction of sp³-hybridized carbons (Fsp3) is 0.875. The molecule has 0 aliphatic heterocycles. The number of amides is 1. The zero-order valence-corrected chi connectivity index (χ0v) is 8.64. The SMILES string of the molecule is CC(O)CN(C)C(=O)CNCC(F)(F)F. The van der Waals surface area contributed by atoms with Crippen LogP contribution in [0.1, 0.15) is 6.92 Å². The molecule has 90 valence electrons. The Hall–Kier alpha value is -0.820. The van der Waals surface area contributed by atoms with Crippen molar-refractivity contribution in [3.05, 3.63) is 0 Å². The molecule has 0 aliphatic carbocycles. The number of aliphatic hydroxyl groups excluding tert-OH is 1. The second kappa shape index (κ2) is 5.92. The Kier molecular flexibility index (Phi) is 5.59. The molecular formula is C8H15F3N2O2. The topological polar surface area (TPSA) is 52.6 Å². The van der Waals surface area contributed by atoms with Crippen molar-refractivity contribution in [3.8, 4) is 0 Å². The Morgan fingerprint density at radius 2 is 2.07 bits per heavy atom. The van der Waals surface area contributed by atoms with Crippen LogP contribution in [0, 0.1) is 0 Å². The summed E-state index contributed by atoms with van der Waals surface area (Å²) in [4.78, 5) is 12.3. The number of nitrogens with zero attached hydrogens (tertiary/aromatic N) is 1. The number of likely N-dealkylation sites (N-methyl/N-ethyl adjacent to an activating group) is 1. The summed E-state index contributed by atoms with van der Waals surface area (Å²) in [6.07, 6.45) is -5.01. The molecule has 0 heterocycles. The number of hydrogen-bond donors (Lipinski definition) is 2. The van der Waals surface area contributed by atoms with E-state index in [2.05, 4.69) is 0 Å². The molecule has 0 aromatic heterocycles. The van der Waals surface area contributed by atoms with Crippen molar-refractivity contribution in [3.63, 3.8) is 0 Å². The summed E-state index contributed by atoms with van der Waals surface area (Å²) >= 11 is 0. The molecule has 0 saturated carbocycles. The van der Waals surface area contributed by atoms with Gasteiger partial charge in [-0.25, -0.2) is 0 Å². The van der Waals surface area contributed by atoms with E-state index in [1.54, 1.807) is 0 Å². The third-order valence-electron chi connectivity index (χ3n) is 1.57. The number of nitrogens with one attached hydrogen (secondary N) is 1. The van der Waals surface area contributed by atoms with Crippen LogP contribution in [-0.4, -0.2) is 54.9 Å². The van der Waals surface area contributed by atoms with E-state index in [0.29, 0.717) is 0 Å². The minimum absolute atomic E-state index is 0.104. The second-order valence-corrected chi connectivity index (χ2v) is 3.34. The quantitative estimate of drug-likeness (QED) is 0.695. The molecule has 1 atom stereocenters. The van der Waals surface area contributed by atoms with Gasteiger partial charge < -0.3 is 15.3 Å². The average molecular weight is 228 g/mol. The van der Waals surface area contributed by atoms with Gasteiger partial charge in [0.25, 0.3) is 0 Å². The van der Waals surface area contributed by atoms with E-state index in [-0.39, 0.29) is 13.1 Å². The van der Waals surface area contributed by atoms with Crippen molar-refractivity contribution in [2.75, 3.05) is 26.7 Å². The molecule has 0 bridgehead atoms. The lowest BCUT2D eigenvalue weighted by Crippen LogP contribution is -2.41. The Labute approximate surface area is 86.1 Å². The van der Waals surface area contributed by atoms with Crippen LogP contribution in [0.15, 0.2) is 0 Å². The monoisotopic (exact) mass is 228 g/mol. The summed E-state index contributed by atoms with van der Waals surface area (Å²) in [5.74, 6) is -0.486. The van der Waals surface area contributed by atoms with E-state index in [0.717, 1.165) is 0 Å². The van der Waals surface area contributed by atoms with E-state index in [1.165, 1.54) is 18.9 Å². The first-order valence-corrected chi connectivity index (χ1v) is 4.42. The van der Waals surface area contributed by atoms with E-state index < -0.39 is 24.7 Å². The van der Waals surface area contributed by atoms with Gasteiger partial charge in [0.2, 0.25) is 5.91 Å². The lowest BCUT2D eigenvalue weighted by atomic mass is 10.3. The molecule has 0 radical (unpaired) electrons. The molecule has 2 N–H and O–H groups in total. The van der Waals surface area contributed by atoms with Crippen LogP contribution in [0.3, 0.4) is 0 Å². The van der Waals surface area contributed by atoms with Gasteiger partial charge >= 0.3 is 6.18 Å². The average Bonchev–Trinajstić information content (AvgIpc) is 2.00. The van der Waals surface area contributed by atoms with Gasteiger partial charge in [0.15, 0.2) is 0 Å². The van der Waals surface area contributed by atoms with Crippen molar-refractivity contribution < 1.29 is 23.1 Å². The van der Waals surface area contributed by atoms with Gasteiger partial charge in [-0.15, -0.1) is 0 Å². The Morgan fingerprint density at radius 3 is 2.47 bits per heavy atom. The highest BCUT2D eigenvalue weighted by Crippen LogP contribution is 2.11. The number of hydrogen-bond acceptors (Lipinski definition) is 3. The maximum absolute atomic E-state index is 11.7. The maximum atomic E-state index is 11.7. The van der Waals surface area contributed by atoms with Crippen LogP contribution in [0.4, 0.5) is 13.2 Å². The molecule has 0 spiro atoms. The van der Waals surface area contributed by atoms with Crippen LogP contribution in [0.5, 0.6) is 0 Å². The first-order chi connectivity index (χ1) is 6.72. The first-order valence-electron chi connectivity index (χ1n) is 4.42. The van der Waals surface area contributed by atoms with E-state index in [1.807, 2.05) is 5.32 Å². The fourth-order valence-corrected chi connectivity index (χ4v) is 0.944. The van der Waals surface area contributed by atoms with Crippen molar-refractivity contribution >= 4 is 5.91 Å². The number of alkyl halides is 3. The molecular weight excluding hydrogens is 213 g/mol. The van der Waals surface area contributed by atoms with Gasteiger partial charge in [0, 0.05) is 13.6 Å². The minimum Gasteiger partial charge on any atom is -0.392 e. The largest absolute Gasteiger partial charge is 0.401 e. The maximum Gasteiger partial charge on any atom is 0.401 e. The number of carbonyl (C=O) groups excluding carboxylic acids is 1. The van der Waals surface area contributed by atoms with Gasteiger partial charge in [-0.1, -0.05) is 0 Å². The normalized spacial score (nSPS) is 13.7. The molecule has 0 saturated heterocycles. The number of aliphatic hydroxyl groups is 1. The van der Waals surface area contributed by atoms with Crippen molar-refractivity contribution in [1.29, 1.82) is 0 Å². The molecule has 0 rings (SSSR count). The predicted octanol–water partition coefficient (Wildman–Crippen LogP) is -0.0225. The highest BCUT2D eigenvalue weighted by atomic mass is 19.4. The van der Waals surface area contributed by atoms with Gasteiger partial charge in [0.1, 0.15) is 0 Å². The fourth-order valence-electron chi connectivity index (χ4n) is 0.944. The van der Waals surface area contributed by atoms with Crippen molar-refractivity contribution in [2.24, 2.45) is 0 Å².